The fourth-order valence-electron chi connectivity index (χ4n) is 3.73. The van der Waals surface area contributed by atoms with Gasteiger partial charge in [-0.15, -0.1) is 0 Å². The van der Waals surface area contributed by atoms with Crippen LogP contribution < -0.4 is 15.4 Å². The summed E-state index contributed by atoms with van der Waals surface area (Å²) < 4.78 is 25.2. The Morgan fingerprint density at radius 3 is 2.81 bits per heavy atom. The van der Waals surface area contributed by atoms with E-state index in [1.165, 1.54) is 19.5 Å². The maximum absolute atomic E-state index is 14.4. The van der Waals surface area contributed by atoms with Crippen molar-refractivity contribution in [2.75, 3.05) is 25.6 Å². The van der Waals surface area contributed by atoms with Crippen LogP contribution in [0.2, 0.25) is 5.02 Å². The molecule has 0 radical (unpaired) electrons. The Labute approximate surface area is 188 Å². The first kappa shape index (κ1) is 22.2. The summed E-state index contributed by atoms with van der Waals surface area (Å²) in [5.74, 6) is -0.558. The second-order valence-corrected chi connectivity index (χ2v) is 7.89. The Hall–Kier alpha value is -3.01. The summed E-state index contributed by atoms with van der Waals surface area (Å²) >= 11 is 5.89. The predicted molar refractivity (Wildman–Crippen MR) is 118 cm³/mol. The fraction of sp³-hybridized carbons (Fsp3) is 0.318. The number of aromatic nitrogens is 2. The van der Waals surface area contributed by atoms with Gasteiger partial charge in [0.15, 0.2) is 5.82 Å². The normalized spacial score (nSPS) is 15.5. The Kier molecular flexibility index (Phi) is 6.40. The number of hydrogen-bond donors (Lipinski definition) is 3. The molecule has 10 heteroatoms. The van der Waals surface area contributed by atoms with Gasteiger partial charge >= 0.3 is 5.97 Å². The average molecular weight is 461 g/mol. The molecule has 0 spiro atoms. The van der Waals surface area contributed by atoms with E-state index in [1.807, 2.05) is 0 Å². The van der Waals surface area contributed by atoms with Crippen molar-refractivity contribution in [3.8, 4) is 5.75 Å². The largest absolute Gasteiger partial charge is 0.496 e. The Morgan fingerprint density at radius 2 is 2.09 bits per heavy atom. The van der Waals surface area contributed by atoms with Crippen LogP contribution in [0.15, 0.2) is 36.7 Å². The highest BCUT2D eigenvalue weighted by atomic mass is 35.5. The van der Waals surface area contributed by atoms with Crippen LogP contribution in [0.3, 0.4) is 0 Å². The van der Waals surface area contributed by atoms with Crippen molar-refractivity contribution in [1.82, 2.24) is 15.3 Å². The number of carboxylic acid groups (broad SMARTS) is 1. The van der Waals surface area contributed by atoms with E-state index < -0.39 is 17.3 Å². The van der Waals surface area contributed by atoms with E-state index in [0.29, 0.717) is 48.5 Å². The van der Waals surface area contributed by atoms with E-state index in [4.69, 9.17) is 21.1 Å². The first-order chi connectivity index (χ1) is 15.4. The third kappa shape index (κ3) is 4.32. The molecule has 1 aliphatic rings. The minimum atomic E-state index is -1.07. The Bertz CT molecular complexity index is 1150. The van der Waals surface area contributed by atoms with Crippen LogP contribution in [0.1, 0.15) is 18.4 Å². The van der Waals surface area contributed by atoms with Gasteiger partial charge in [0.1, 0.15) is 23.4 Å². The van der Waals surface area contributed by atoms with Crippen molar-refractivity contribution in [1.29, 1.82) is 0 Å². The summed E-state index contributed by atoms with van der Waals surface area (Å²) in [6.45, 7) is 0.994. The topological polar surface area (TPSA) is 106 Å². The summed E-state index contributed by atoms with van der Waals surface area (Å²) in [5, 5.41) is 16.6. The van der Waals surface area contributed by atoms with Crippen LogP contribution in [0, 0.1) is 5.82 Å². The van der Waals surface area contributed by atoms with Crippen LogP contribution in [0.4, 0.5) is 15.9 Å². The number of aliphatic carboxylic acids is 1. The van der Waals surface area contributed by atoms with Gasteiger partial charge in [0, 0.05) is 36.8 Å². The molecule has 0 aliphatic carbocycles. The van der Waals surface area contributed by atoms with Gasteiger partial charge < -0.3 is 19.9 Å². The van der Waals surface area contributed by atoms with Gasteiger partial charge in [-0.05, 0) is 31.0 Å². The first-order valence-electron chi connectivity index (χ1n) is 10.0. The second-order valence-electron chi connectivity index (χ2n) is 7.48. The molecule has 0 saturated carbocycles. The SMILES string of the molecule is COc1cc2ncnc(Nc3cccc(Cl)c3F)c2cc1CNC1(C(=O)O)CCOCC1. The number of carboxylic acids is 1. The van der Waals surface area contributed by atoms with Crippen LogP contribution in [0.5, 0.6) is 5.75 Å². The summed E-state index contributed by atoms with van der Waals surface area (Å²) in [5.41, 5.74) is 0.414. The average Bonchev–Trinajstić information content (AvgIpc) is 2.81. The van der Waals surface area contributed by atoms with Gasteiger partial charge in [0.2, 0.25) is 0 Å². The van der Waals surface area contributed by atoms with E-state index >= 15 is 0 Å². The number of rotatable bonds is 7. The fourth-order valence-corrected chi connectivity index (χ4v) is 3.91. The summed E-state index contributed by atoms with van der Waals surface area (Å²) in [4.78, 5) is 20.5. The van der Waals surface area contributed by atoms with Gasteiger partial charge in [-0.25, -0.2) is 14.4 Å². The number of nitrogens with one attached hydrogen (secondary N) is 2. The number of benzene rings is 2. The minimum Gasteiger partial charge on any atom is -0.496 e. The highest BCUT2D eigenvalue weighted by Crippen LogP contribution is 2.32. The Balaban J connectivity index is 1.69. The van der Waals surface area contributed by atoms with E-state index in [0.717, 1.165) is 5.56 Å². The molecule has 0 bridgehead atoms. The van der Waals surface area contributed by atoms with Crippen LogP contribution in [-0.2, 0) is 16.1 Å². The number of anilines is 2. The molecule has 2 aromatic carbocycles. The molecular formula is C22H22ClFN4O4. The minimum absolute atomic E-state index is 0.00431. The lowest BCUT2D eigenvalue weighted by molar-refractivity contribution is -0.149. The van der Waals surface area contributed by atoms with Gasteiger partial charge in [-0.2, -0.15) is 0 Å². The van der Waals surface area contributed by atoms with Crippen molar-refractivity contribution in [3.05, 3.63) is 53.1 Å². The van der Waals surface area contributed by atoms with E-state index in [2.05, 4.69) is 20.6 Å². The van der Waals surface area contributed by atoms with Crippen LogP contribution >= 0.6 is 11.6 Å². The van der Waals surface area contributed by atoms with Gasteiger partial charge in [-0.3, -0.25) is 10.1 Å². The third-order valence-electron chi connectivity index (χ3n) is 5.62. The zero-order valence-corrected chi connectivity index (χ0v) is 18.1. The van der Waals surface area contributed by atoms with E-state index in [1.54, 1.807) is 24.3 Å². The number of carbonyl (C=O) groups is 1. The zero-order valence-electron chi connectivity index (χ0n) is 17.3. The lowest BCUT2D eigenvalue weighted by Gasteiger charge is -2.34. The number of fused-ring (bicyclic) bond motifs is 1. The maximum atomic E-state index is 14.4. The molecule has 0 amide bonds. The quantitative estimate of drug-likeness (QED) is 0.487. The molecule has 8 nitrogen and oxygen atoms in total. The van der Waals surface area contributed by atoms with Crippen LogP contribution in [-0.4, -0.2) is 46.9 Å². The van der Waals surface area contributed by atoms with Crippen molar-refractivity contribution in [2.24, 2.45) is 0 Å². The molecule has 1 aromatic heterocycles. The number of halogens is 2. The van der Waals surface area contributed by atoms with Gasteiger partial charge in [-0.1, -0.05) is 17.7 Å². The van der Waals surface area contributed by atoms with Crippen molar-refractivity contribution < 1.29 is 23.8 Å². The molecule has 4 rings (SSSR count). The van der Waals surface area contributed by atoms with Crippen molar-refractivity contribution >= 4 is 40.0 Å². The Morgan fingerprint density at radius 1 is 1.31 bits per heavy atom. The number of ether oxygens (including phenoxy) is 2. The number of nitrogens with zero attached hydrogens (tertiary/aromatic N) is 2. The smallest absolute Gasteiger partial charge is 0.324 e. The maximum Gasteiger partial charge on any atom is 0.324 e. The first-order valence-corrected chi connectivity index (χ1v) is 10.4. The molecule has 3 N–H and O–H groups in total. The number of hydrogen-bond acceptors (Lipinski definition) is 7. The monoisotopic (exact) mass is 460 g/mol. The third-order valence-corrected chi connectivity index (χ3v) is 5.91. The lowest BCUT2D eigenvalue weighted by Crippen LogP contribution is -2.55. The summed E-state index contributed by atoms with van der Waals surface area (Å²) in [6.07, 6.45) is 2.09. The van der Waals surface area contributed by atoms with Gasteiger partial charge in [0.05, 0.1) is 23.3 Å². The molecule has 1 saturated heterocycles. The molecule has 1 aliphatic heterocycles. The zero-order chi connectivity index (χ0) is 22.7. The van der Waals surface area contributed by atoms with Crippen LogP contribution in [0.25, 0.3) is 10.9 Å². The molecule has 3 aromatic rings. The molecule has 1 fully saturated rings. The molecular weight excluding hydrogens is 439 g/mol. The molecule has 32 heavy (non-hydrogen) atoms. The highest BCUT2D eigenvalue weighted by molar-refractivity contribution is 6.31. The lowest BCUT2D eigenvalue weighted by atomic mass is 9.90. The summed E-state index contributed by atoms with van der Waals surface area (Å²) in [7, 11) is 1.54. The molecule has 168 valence electrons. The van der Waals surface area contributed by atoms with E-state index in [-0.39, 0.29) is 17.3 Å². The molecule has 2 heterocycles. The molecule has 0 atom stereocenters. The number of methoxy groups -OCH3 is 1. The second kappa shape index (κ2) is 9.23. The predicted octanol–water partition coefficient (Wildman–Crippen LogP) is 3.90. The van der Waals surface area contributed by atoms with Crippen molar-refractivity contribution in [2.45, 2.75) is 24.9 Å². The molecule has 0 unspecified atom stereocenters. The summed E-state index contributed by atoms with van der Waals surface area (Å²) in [6, 6.07) is 8.20. The van der Waals surface area contributed by atoms with E-state index in [9.17, 15) is 14.3 Å². The van der Waals surface area contributed by atoms with Gasteiger partial charge in [0.25, 0.3) is 0 Å². The van der Waals surface area contributed by atoms with Crippen molar-refractivity contribution in [3.63, 3.8) is 0 Å². The standard InChI is InChI=1S/C22H22ClFN4O4/c1-31-18-10-17-14(9-13(18)11-27-22(21(29)30)5-7-32-8-6-22)20(26-12-25-17)28-16-4-2-3-15(23)19(16)24/h2-4,9-10,12,27H,5-8,11H2,1H3,(H,29,30)(H,25,26,28). The highest BCUT2D eigenvalue weighted by Gasteiger charge is 2.39.